The summed E-state index contributed by atoms with van der Waals surface area (Å²) in [4.78, 5) is 7.32. The molecular formula is C11H10Cl2N2. The van der Waals surface area contributed by atoms with Gasteiger partial charge >= 0.3 is 0 Å². The van der Waals surface area contributed by atoms with Gasteiger partial charge in [-0.25, -0.2) is 0 Å². The molecule has 0 aliphatic carbocycles. The van der Waals surface area contributed by atoms with Crippen LogP contribution in [0.5, 0.6) is 0 Å². The molecule has 0 aliphatic heterocycles. The van der Waals surface area contributed by atoms with Crippen LogP contribution >= 0.6 is 24.8 Å². The molecule has 0 radical (unpaired) electrons. The van der Waals surface area contributed by atoms with E-state index in [1.54, 1.807) is 0 Å². The van der Waals surface area contributed by atoms with E-state index in [1.807, 2.05) is 24.7 Å². The number of aromatic amines is 1. The highest BCUT2D eigenvalue weighted by Crippen LogP contribution is 2.20. The van der Waals surface area contributed by atoms with Crippen molar-refractivity contribution in [3.63, 3.8) is 0 Å². The highest BCUT2D eigenvalue weighted by molar-refractivity contribution is 5.96. The SMILES string of the molecule is Cl.Cl.c1c[nH]c2cc3cncc3cc2c1. The summed E-state index contributed by atoms with van der Waals surface area (Å²) in [6.07, 6.45) is 5.71. The summed E-state index contributed by atoms with van der Waals surface area (Å²) in [5.74, 6) is 0. The van der Waals surface area contributed by atoms with Crippen molar-refractivity contribution in [1.29, 1.82) is 0 Å². The Morgan fingerprint density at radius 2 is 1.67 bits per heavy atom. The molecule has 0 bridgehead atoms. The quantitative estimate of drug-likeness (QED) is 0.640. The molecule has 1 N–H and O–H groups in total. The molecule has 78 valence electrons. The molecular weight excluding hydrogens is 231 g/mol. The molecule has 0 saturated carbocycles. The zero-order valence-corrected chi connectivity index (χ0v) is 9.44. The minimum atomic E-state index is 0. The molecule has 0 fully saturated rings. The summed E-state index contributed by atoms with van der Waals surface area (Å²) in [6.45, 7) is 0. The molecule has 3 aromatic rings. The Labute approximate surface area is 99.5 Å². The van der Waals surface area contributed by atoms with E-state index in [0.717, 1.165) is 5.52 Å². The van der Waals surface area contributed by atoms with Crippen molar-refractivity contribution in [1.82, 2.24) is 9.97 Å². The molecule has 15 heavy (non-hydrogen) atoms. The van der Waals surface area contributed by atoms with Crippen LogP contribution in [0, 0.1) is 0 Å². The highest BCUT2D eigenvalue weighted by Gasteiger charge is 1.97. The molecule has 0 unspecified atom stereocenters. The summed E-state index contributed by atoms with van der Waals surface area (Å²) < 4.78 is 0. The lowest BCUT2D eigenvalue weighted by atomic mass is 10.1. The number of benzene rings is 1. The maximum absolute atomic E-state index is 4.11. The molecule has 2 heterocycles. The standard InChI is InChI=1S/C11H8N2.2ClH/c1-2-8-4-9-6-12-7-10(9)5-11(8)13-3-1;;/h1-7,13H;2*1H. The van der Waals surface area contributed by atoms with E-state index in [0.29, 0.717) is 0 Å². The van der Waals surface area contributed by atoms with Gasteiger partial charge in [0.25, 0.3) is 0 Å². The van der Waals surface area contributed by atoms with Crippen molar-refractivity contribution in [2.45, 2.75) is 0 Å². The predicted molar refractivity (Wildman–Crippen MR) is 68.1 cm³/mol. The minimum Gasteiger partial charge on any atom is -0.361 e. The second kappa shape index (κ2) is 4.51. The largest absolute Gasteiger partial charge is 0.361 e. The number of fused-ring (bicyclic) bond motifs is 2. The smallest absolute Gasteiger partial charge is 0.0460 e. The van der Waals surface area contributed by atoms with Crippen LogP contribution in [0.3, 0.4) is 0 Å². The van der Waals surface area contributed by atoms with Crippen molar-refractivity contribution in [3.05, 3.63) is 42.9 Å². The number of hydrogen-bond donors (Lipinski definition) is 1. The fourth-order valence-corrected chi connectivity index (χ4v) is 1.62. The fourth-order valence-electron chi connectivity index (χ4n) is 1.62. The first kappa shape index (κ1) is 11.8. The lowest BCUT2D eigenvalue weighted by Crippen LogP contribution is -1.75. The van der Waals surface area contributed by atoms with Gasteiger partial charge in [0, 0.05) is 34.9 Å². The second-order valence-electron chi connectivity index (χ2n) is 3.15. The van der Waals surface area contributed by atoms with Gasteiger partial charge in [0.05, 0.1) is 0 Å². The summed E-state index contributed by atoms with van der Waals surface area (Å²) in [5, 5.41) is 3.62. The van der Waals surface area contributed by atoms with Crippen LogP contribution in [-0.4, -0.2) is 9.97 Å². The van der Waals surface area contributed by atoms with Crippen LogP contribution in [0.1, 0.15) is 0 Å². The van der Waals surface area contributed by atoms with Crippen LogP contribution in [0.15, 0.2) is 42.9 Å². The van der Waals surface area contributed by atoms with Crippen molar-refractivity contribution in [2.75, 3.05) is 0 Å². The van der Waals surface area contributed by atoms with Gasteiger partial charge in [0.1, 0.15) is 0 Å². The number of nitrogens with one attached hydrogen (secondary N) is 1. The lowest BCUT2D eigenvalue weighted by molar-refractivity contribution is 1.42. The van der Waals surface area contributed by atoms with Gasteiger partial charge < -0.3 is 4.98 Å². The molecule has 0 spiro atoms. The Kier molecular flexibility index (Phi) is 3.56. The first-order chi connectivity index (χ1) is 6.43. The average Bonchev–Trinajstić information content (AvgIpc) is 2.61. The van der Waals surface area contributed by atoms with E-state index in [-0.39, 0.29) is 24.8 Å². The maximum Gasteiger partial charge on any atom is 0.0460 e. The summed E-state index contributed by atoms with van der Waals surface area (Å²) in [6, 6.07) is 8.37. The van der Waals surface area contributed by atoms with Crippen LogP contribution in [0.2, 0.25) is 0 Å². The lowest BCUT2D eigenvalue weighted by Gasteiger charge is -1.97. The zero-order chi connectivity index (χ0) is 8.67. The molecule has 0 aliphatic rings. The van der Waals surface area contributed by atoms with Gasteiger partial charge in [-0.15, -0.1) is 24.8 Å². The number of aromatic nitrogens is 2. The van der Waals surface area contributed by atoms with Crippen molar-refractivity contribution < 1.29 is 0 Å². The second-order valence-corrected chi connectivity index (χ2v) is 3.15. The van der Waals surface area contributed by atoms with Crippen LogP contribution < -0.4 is 0 Å². The molecule has 4 heteroatoms. The number of pyridine rings is 1. The summed E-state index contributed by atoms with van der Waals surface area (Å²) in [7, 11) is 0. The van der Waals surface area contributed by atoms with Crippen molar-refractivity contribution in [3.8, 4) is 0 Å². The predicted octanol–water partition coefficient (Wildman–Crippen LogP) is 3.56. The molecule has 0 amide bonds. The van der Waals surface area contributed by atoms with Crippen LogP contribution in [0.4, 0.5) is 0 Å². The van der Waals surface area contributed by atoms with Gasteiger partial charge in [0.15, 0.2) is 0 Å². The molecule has 0 saturated heterocycles. The first-order valence-electron chi connectivity index (χ1n) is 4.24. The van der Waals surface area contributed by atoms with Crippen LogP contribution in [0.25, 0.3) is 21.7 Å². The Balaban J connectivity index is 0.000000562. The fraction of sp³-hybridized carbons (Fsp3) is 0. The van der Waals surface area contributed by atoms with Gasteiger partial charge in [0.2, 0.25) is 0 Å². The van der Waals surface area contributed by atoms with Crippen molar-refractivity contribution in [2.24, 2.45) is 0 Å². The Hall–Kier alpha value is -1.25. The average molecular weight is 241 g/mol. The first-order valence-corrected chi connectivity index (χ1v) is 4.24. The Morgan fingerprint density at radius 1 is 0.933 bits per heavy atom. The summed E-state index contributed by atoms with van der Waals surface area (Å²) in [5.41, 5.74) is 1.16. The van der Waals surface area contributed by atoms with E-state index in [1.165, 1.54) is 16.2 Å². The highest BCUT2D eigenvalue weighted by atomic mass is 35.5. The molecule has 2 aromatic heterocycles. The van der Waals surface area contributed by atoms with E-state index in [4.69, 9.17) is 0 Å². The number of rotatable bonds is 0. The topological polar surface area (TPSA) is 28.7 Å². The number of H-pyrrole nitrogens is 1. The van der Waals surface area contributed by atoms with E-state index in [9.17, 15) is 0 Å². The van der Waals surface area contributed by atoms with E-state index < -0.39 is 0 Å². The van der Waals surface area contributed by atoms with E-state index >= 15 is 0 Å². The van der Waals surface area contributed by atoms with Gasteiger partial charge in [-0.3, -0.25) is 4.98 Å². The molecule has 3 rings (SSSR count). The number of halogens is 2. The normalized spacial score (nSPS) is 9.60. The monoisotopic (exact) mass is 240 g/mol. The summed E-state index contributed by atoms with van der Waals surface area (Å²) >= 11 is 0. The van der Waals surface area contributed by atoms with Gasteiger partial charge in [-0.1, -0.05) is 6.07 Å². The molecule has 0 atom stereocenters. The third-order valence-corrected chi connectivity index (χ3v) is 2.29. The third-order valence-electron chi connectivity index (χ3n) is 2.29. The maximum atomic E-state index is 4.11. The molecule has 1 aromatic carbocycles. The van der Waals surface area contributed by atoms with Gasteiger partial charge in [-0.05, 0) is 23.6 Å². The van der Waals surface area contributed by atoms with E-state index in [2.05, 4.69) is 28.2 Å². The number of hydrogen-bond acceptors (Lipinski definition) is 1. The zero-order valence-electron chi connectivity index (χ0n) is 7.81. The van der Waals surface area contributed by atoms with Crippen LogP contribution in [-0.2, 0) is 0 Å². The van der Waals surface area contributed by atoms with Gasteiger partial charge in [-0.2, -0.15) is 0 Å². The third kappa shape index (κ3) is 1.91. The Bertz CT molecular complexity index is 525. The molecule has 2 nitrogen and oxygen atoms in total. The number of nitrogens with zero attached hydrogens (tertiary/aromatic N) is 1. The minimum absolute atomic E-state index is 0. The Morgan fingerprint density at radius 3 is 2.47 bits per heavy atom. The van der Waals surface area contributed by atoms with Crippen molar-refractivity contribution >= 4 is 46.5 Å².